The summed E-state index contributed by atoms with van der Waals surface area (Å²) in [5.41, 5.74) is 3.29. The lowest BCUT2D eigenvalue weighted by Crippen LogP contribution is -2.24. The van der Waals surface area contributed by atoms with Crippen LogP contribution in [0.1, 0.15) is 11.1 Å². The fraction of sp³-hybridized carbons (Fsp3) is 0.111. The van der Waals surface area contributed by atoms with E-state index >= 15 is 0 Å². The molecule has 1 aromatic carbocycles. The van der Waals surface area contributed by atoms with Crippen molar-refractivity contribution < 1.29 is 8.42 Å². The molecule has 0 fully saturated rings. The average molecular weight is 339 g/mol. The molecule has 3 rings (SSSR count). The van der Waals surface area contributed by atoms with Crippen LogP contribution < -0.4 is 4.72 Å². The second-order valence-corrected chi connectivity index (χ2v) is 7.17. The zero-order valence-corrected chi connectivity index (χ0v) is 13.8. The van der Waals surface area contributed by atoms with Crippen LogP contribution in [0.5, 0.6) is 0 Å². The first-order chi connectivity index (χ1) is 11.6. The third kappa shape index (κ3) is 4.47. The number of pyridine rings is 2. The summed E-state index contributed by atoms with van der Waals surface area (Å²) in [6, 6.07) is 16.6. The van der Waals surface area contributed by atoms with E-state index < -0.39 is 10.0 Å². The van der Waals surface area contributed by atoms with Crippen molar-refractivity contribution in [2.24, 2.45) is 0 Å². The third-order valence-corrected chi connectivity index (χ3v) is 4.78. The maximum Gasteiger partial charge on any atom is 0.216 e. The van der Waals surface area contributed by atoms with Crippen molar-refractivity contribution in [1.29, 1.82) is 0 Å². The van der Waals surface area contributed by atoms with E-state index in [1.54, 1.807) is 30.7 Å². The number of benzene rings is 1. The molecule has 0 unspecified atom stereocenters. The second kappa shape index (κ2) is 7.33. The zero-order valence-electron chi connectivity index (χ0n) is 13.0. The highest BCUT2D eigenvalue weighted by Crippen LogP contribution is 2.15. The number of hydrogen-bond acceptors (Lipinski definition) is 4. The molecular weight excluding hydrogens is 322 g/mol. The summed E-state index contributed by atoms with van der Waals surface area (Å²) >= 11 is 0. The molecule has 0 saturated carbocycles. The Labute approximate surface area is 141 Å². The molecule has 0 amide bonds. The Balaban J connectivity index is 1.62. The van der Waals surface area contributed by atoms with Crippen LogP contribution in [0.4, 0.5) is 0 Å². The van der Waals surface area contributed by atoms with Crippen molar-refractivity contribution >= 4 is 10.0 Å². The molecule has 0 aliphatic carbocycles. The van der Waals surface area contributed by atoms with E-state index in [4.69, 9.17) is 0 Å². The van der Waals surface area contributed by atoms with Gasteiger partial charge in [0.2, 0.25) is 10.0 Å². The van der Waals surface area contributed by atoms with Crippen LogP contribution in [0.2, 0.25) is 0 Å². The highest BCUT2D eigenvalue weighted by atomic mass is 32.2. The Kier molecular flexibility index (Phi) is 4.98. The minimum Gasteiger partial charge on any atom is -0.264 e. The molecule has 0 atom stereocenters. The Hall–Kier alpha value is -2.57. The molecule has 0 radical (unpaired) electrons. The number of nitrogens with one attached hydrogen (secondary N) is 1. The lowest BCUT2D eigenvalue weighted by molar-refractivity contribution is 0.580. The van der Waals surface area contributed by atoms with Gasteiger partial charge in [0.05, 0.1) is 11.4 Å². The molecular formula is C18H17N3O2S. The first-order valence-corrected chi connectivity index (χ1v) is 9.14. The summed E-state index contributed by atoms with van der Waals surface area (Å²) in [5, 5.41) is 0. The van der Waals surface area contributed by atoms with Gasteiger partial charge in [0.1, 0.15) is 0 Å². The topological polar surface area (TPSA) is 72.0 Å². The minimum absolute atomic E-state index is 0.0327. The first-order valence-electron chi connectivity index (χ1n) is 7.49. The SMILES string of the molecule is O=S(=O)(Cc1ccccc1)NCc1ccc(-c2cccnc2)nc1. The summed E-state index contributed by atoms with van der Waals surface area (Å²) in [7, 11) is -3.38. The summed E-state index contributed by atoms with van der Waals surface area (Å²) in [4.78, 5) is 8.42. The number of sulfonamides is 1. The number of aromatic nitrogens is 2. The van der Waals surface area contributed by atoms with Gasteiger partial charge in [-0.3, -0.25) is 9.97 Å². The van der Waals surface area contributed by atoms with Crippen LogP contribution in [0, 0.1) is 0 Å². The van der Waals surface area contributed by atoms with Crippen molar-refractivity contribution in [2.75, 3.05) is 0 Å². The van der Waals surface area contributed by atoms with Crippen LogP contribution in [-0.2, 0) is 22.3 Å². The van der Waals surface area contributed by atoms with Gasteiger partial charge in [-0.05, 0) is 29.3 Å². The van der Waals surface area contributed by atoms with Gasteiger partial charge in [0.25, 0.3) is 0 Å². The van der Waals surface area contributed by atoms with Gasteiger partial charge in [0.15, 0.2) is 0 Å². The maximum absolute atomic E-state index is 12.1. The van der Waals surface area contributed by atoms with Crippen LogP contribution in [0.3, 0.4) is 0 Å². The van der Waals surface area contributed by atoms with Gasteiger partial charge in [0, 0.05) is 30.7 Å². The monoisotopic (exact) mass is 339 g/mol. The molecule has 5 nitrogen and oxygen atoms in total. The summed E-state index contributed by atoms with van der Waals surface area (Å²) < 4.78 is 26.8. The molecule has 3 aromatic rings. The molecule has 0 spiro atoms. The molecule has 122 valence electrons. The molecule has 0 saturated heterocycles. The zero-order chi connectivity index (χ0) is 16.8. The molecule has 0 aliphatic heterocycles. The molecule has 24 heavy (non-hydrogen) atoms. The third-order valence-electron chi connectivity index (χ3n) is 3.48. The fourth-order valence-corrected chi connectivity index (χ4v) is 3.37. The highest BCUT2D eigenvalue weighted by Gasteiger charge is 2.11. The quantitative estimate of drug-likeness (QED) is 0.749. The van der Waals surface area contributed by atoms with E-state index in [0.717, 1.165) is 22.4 Å². The number of rotatable bonds is 6. The smallest absolute Gasteiger partial charge is 0.216 e. The Morgan fingerprint density at radius 3 is 2.38 bits per heavy atom. The largest absolute Gasteiger partial charge is 0.264 e. The first kappa shape index (κ1) is 16.3. The van der Waals surface area contributed by atoms with Gasteiger partial charge in [-0.2, -0.15) is 0 Å². The maximum atomic E-state index is 12.1. The van der Waals surface area contributed by atoms with Gasteiger partial charge >= 0.3 is 0 Å². The van der Waals surface area contributed by atoms with Crippen LogP contribution >= 0.6 is 0 Å². The van der Waals surface area contributed by atoms with Gasteiger partial charge in [-0.15, -0.1) is 0 Å². The number of hydrogen-bond donors (Lipinski definition) is 1. The summed E-state index contributed by atoms with van der Waals surface area (Å²) in [6.45, 7) is 0.218. The molecule has 6 heteroatoms. The Morgan fingerprint density at radius 2 is 1.71 bits per heavy atom. The Morgan fingerprint density at radius 1 is 0.875 bits per heavy atom. The van der Waals surface area contributed by atoms with Crippen LogP contribution in [-0.4, -0.2) is 18.4 Å². The van der Waals surface area contributed by atoms with Crippen molar-refractivity contribution in [3.8, 4) is 11.3 Å². The molecule has 1 N–H and O–H groups in total. The number of nitrogens with zero attached hydrogens (tertiary/aromatic N) is 2. The van der Waals surface area contributed by atoms with Crippen molar-refractivity contribution in [2.45, 2.75) is 12.3 Å². The fourth-order valence-electron chi connectivity index (χ4n) is 2.25. The van der Waals surface area contributed by atoms with Crippen LogP contribution in [0.15, 0.2) is 73.2 Å². The van der Waals surface area contributed by atoms with E-state index in [2.05, 4.69) is 14.7 Å². The normalized spacial score (nSPS) is 11.3. The standard InChI is InChI=1S/C18H17N3O2S/c22-24(23,14-15-5-2-1-3-6-15)21-12-16-8-9-18(20-11-16)17-7-4-10-19-13-17/h1-11,13,21H,12,14H2. The second-order valence-electron chi connectivity index (χ2n) is 5.36. The molecule has 2 aromatic heterocycles. The lowest BCUT2D eigenvalue weighted by atomic mass is 10.1. The Bertz CT molecular complexity index is 881. The van der Waals surface area contributed by atoms with Crippen molar-refractivity contribution in [3.63, 3.8) is 0 Å². The minimum atomic E-state index is -3.38. The van der Waals surface area contributed by atoms with E-state index in [9.17, 15) is 8.42 Å². The van der Waals surface area contributed by atoms with Crippen LogP contribution in [0.25, 0.3) is 11.3 Å². The summed E-state index contributed by atoms with van der Waals surface area (Å²) in [6.07, 6.45) is 5.12. The molecule has 2 heterocycles. The van der Waals surface area contributed by atoms with Crippen molar-refractivity contribution in [1.82, 2.24) is 14.7 Å². The van der Waals surface area contributed by atoms with E-state index in [1.165, 1.54) is 0 Å². The summed E-state index contributed by atoms with van der Waals surface area (Å²) in [5.74, 6) is -0.0327. The predicted molar refractivity (Wildman–Crippen MR) is 93.4 cm³/mol. The van der Waals surface area contributed by atoms with Crippen molar-refractivity contribution in [3.05, 3.63) is 84.3 Å². The van der Waals surface area contributed by atoms with E-state index in [0.29, 0.717) is 0 Å². The predicted octanol–water partition coefficient (Wildman–Crippen LogP) is 2.76. The van der Waals surface area contributed by atoms with E-state index in [1.807, 2.05) is 42.5 Å². The van der Waals surface area contributed by atoms with E-state index in [-0.39, 0.29) is 12.3 Å². The lowest BCUT2D eigenvalue weighted by Gasteiger charge is -2.07. The van der Waals surface area contributed by atoms with Gasteiger partial charge < -0.3 is 0 Å². The average Bonchev–Trinajstić information content (AvgIpc) is 2.62. The molecule has 0 aliphatic rings. The molecule has 0 bridgehead atoms. The van der Waals surface area contributed by atoms with Gasteiger partial charge in [-0.1, -0.05) is 36.4 Å². The van der Waals surface area contributed by atoms with Gasteiger partial charge in [-0.25, -0.2) is 13.1 Å². The highest BCUT2D eigenvalue weighted by molar-refractivity contribution is 7.88.